The fourth-order valence-electron chi connectivity index (χ4n) is 4.89. The number of nitrogens with zero attached hydrogens (tertiary/aromatic N) is 1. The van der Waals surface area contributed by atoms with E-state index in [4.69, 9.17) is 4.74 Å². The van der Waals surface area contributed by atoms with Crippen LogP contribution in [-0.4, -0.2) is 37.7 Å². The average molecular weight is 335 g/mol. The summed E-state index contributed by atoms with van der Waals surface area (Å²) in [5.74, 6) is 1.66. The minimum absolute atomic E-state index is 0.505. The first kappa shape index (κ1) is 16.8. The van der Waals surface area contributed by atoms with Crippen molar-refractivity contribution in [1.29, 1.82) is 0 Å². The smallest absolute Gasteiger partial charge is 0.0593 e. The molecule has 1 atom stereocenters. The van der Waals surface area contributed by atoms with Crippen molar-refractivity contribution >= 4 is 0 Å². The molecular weight excluding hydrogens is 306 g/mol. The first-order valence-corrected chi connectivity index (χ1v) is 9.81. The Hall–Kier alpha value is -1.64. The average Bonchev–Trinajstić information content (AvgIpc) is 2.68. The number of ether oxygens (including phenoxy) is 1. The molecule has 3 aliphatic rings. The largest absolute Gasteiger partial charge is 0.380 e. The third-order valence-corrected chi connectivity index (χ3v) is 6.20. The molecule has 0 saturated carbocycles. The minimum Gasteiger partial charge on any atom is -0.380 e. The van der Waals surface area contributed by atoms with E-state index in [1.54, 1.807) is 11.1 Å². The minimum atomic E-state index is 0.505. The van der Waals surface area contributed by atoms with Crippen LogP contribution in [0.5, 0.6) is 0 Å². The van der Waals surface area contributed by atoms with Crippen molar-refractivity contribution in [2.45, 2.75) is 32.1 Å². The number of benzene rings is 2. The number of hydrogen-bond acceptors (Lipinski definition) is 2. The van der Waals surface area contributed by atoms with Crippen LogP contribution in [0.25, 0.3) is 0 Å². The molecule has 0 radical (unpaired) electrons. The van der Waals surface area contributed by atoms with Crippen LogP contribution in [0.1, 0.15) is 54.4 Å². The summed E-state index contributed by atoms with van der Waals surface area (Å²) in [7, 11) is 0. The molecule has 0 spiro atoms. The Bertz CT molecular complexity index is 674. The van der Waals surface area contributed by atoms with E-state index in [9.17, 15) is 0 Å². The van der Waals surface area contributed by atoms with E-state index in [0.29, 0.717) is 17.8 Å². The van der Waals surface area contributed by atoms with Crippen molar-refractivity contribution in [3.63, 3.8) is 0 Å². The lowest BCUT2D eigenvalue weighted by Crippen LogP contribution is -2.35. The van der Waals surface area contributed by atoms with Crippen molar-refractivity contribution in [1.82, 2.24) is 4.90 Å². The van der Waals surface area contributed by atoms with Crippen LogP contribution in [0.15, 0.2) is 48.5 Å². The van der Waals surface area contributed by atoms with Crippen molar-refractivity contribution in [2.24, 2.45) is 5.92 Å². The lowest BCUT2D eigenvalue weighted by atomic mass is 9.59. The number of fused-ring (bicyclic) bond motifs is 1. The third-order valence-electron chi connectivity index (χ3n) is 6.20. The Balaban J connectivity index is 1.51. The molecule has 5 rings (SSSR count). The Morgan fingerprint density at radius 2 is 1.44 bits per heavy atom. The normalized spacial score (nSPS) is 23.6. The predicted octanol–water partition coefficient (Wildman–Crippen LogP) is 4.64. The fraction of sp³-hybridized carbons (Fsp3) is 0.478. The molecule has 25 heavy (non-hydrogen) atoms. The van der Waals surface area contributed by atoms with Crippen LogP contribution in [0.3, 0.4) is 0 Å². The lowest BCUT2D eigenvalue weighted by Gasteiger charge is -2.45. The highest BCUT2D eigenvalue weighted by Crippen LogP contribution is 2.55. The van der Waals surface area contributed by atoms with E-state index in [1.165, 1.54) is 17.5 Å². The summed E-state index contributed by atoms with van der Waals surface area (Å²) in [6.07, 6.45) is 1.23. The monoisotopic (exact) mass is 335 g/mol. The zero-order valence-electron chi connectivity index (χ0n) is 15.4. The second-order valence-corrected chi connectivity index (χ2v) is 7.39. The summed E-state index contributed by atoms with van der Waals surface area (Å²) >= 11 is 0. The SMILES string of the molecule is CCN(CC)CCOCC1CC2c3ccccc3C1c1ccccc12. The zero-order valence-corrected chi connectivity index (χ0v) is 15.4. The van der Waals surface area contributed by atoms with E-state index in [2.05, 4.69) is 67.3 Å². The zero-order chi connectivity index (χ0) is 17.2. The topological polar surface area (TPSA) is 12.5 Å². The molecular formula is C23H29NO. The molecule has 0 saturated heterocycles. The molecule has 132 valence electrons. The summed E-state index contributed by atoms with van der Waals surface area (Å²) in [5.41, 5.74) is 6.17. The van der Waals surface area contributed by atoms with Crippen molar-refractivity contribution in [3.05, 3.63) is 70.8 Å². The van der Waals surface area contributed by atoms with Gasteiger partial charge in [-0.25, -0.2) is 0 Å². The lowest BCUT2D eigenvalue weighted by molar-refractivity contribution is 0.0666. The maximum absolute atomic E-state index is 6.15. The Kier molecular flexibility index (Phi) is 4.91. The van der Waals surface area contributed by atoms with Gasteiger partial charge in [0.15, 0.2) is 0 Å². The molecule has 0 amide bonds. The van der Waals surface area contributed by atoms with Gasteiger partial charge in [0, 0.05) is 18.4 Å². The molecule has 0 N–H and O–H groups in total. The van der Waals surface area contributed by atoms with Gasteiger partial charge in [0.25, 0.3) is 0 Å². The highest BCUT2D eigenvalue weighted by Gasteiger charge is 2.42. The molecule has 0 heterocycles. The van der Waals surface area contributed by atoms with Crippen LogP contribution < -0.4 is 0 Å². The van der Waals surface area contributed by atoms with E-state index >= 15 is 0 Å². The summed E-state index contributed by atoms with van der Waals surface area (Å²) in [5, 5.41) is 0. The van der Waals surface area contributed by atoms with Crippen molar-refractivity contribution in [2.75, 3.05) is 32.8 Å². The molecule has 0 aliphatic heterocycles. The highest BCUT2D eigenvalue weighted by molar-refractivity contribution is 5.55. The van der Waals surface area contributed by atoms with Gasteiger partial charge in [-0.3, -0.25) is 0 Å². The molecule has 2 bridgehead atoms. The van der Waals surface area contributed by atoms with E-state index in [0.717, 1.165) is 32.8 Å². The summed E-state index contributed by atoms with van der Waals surface area (Å²) in [6.45, 7) is 9.42. The molecule has 2 nitrogen and oxygen atoms in total. The van der Waals surface area contributed by atoms with Gasteiger partial charge in [0.05, 0.1) is 13.2 Å². The second kappa shape index (κ2) is 7.31. The number of likely N-dealkylation sites (N-methyl/N-ethyl adjacent to an activating group) is 1. The number of hydrogen-bond donors (Lipinski definition) is 0. The molecule has 2 aromatic rings. The first-order valence-electron chi connectivity index (χ1n) is 9.81. The Morgan fingerprint density at radius 1 is 0.880 bits per heavy atom. The molecule has 2 aromatic carbocycles. The maximum atomic E-state index is 6.15. The number of rotatable bonds is 7. The standard InChI is InChI=1S/C23H29NO/c1-3-24(4-2)13-14-25-16-17-15-22-18-9-5-7-11-20(18)23(17)21-12-8-6-10-19(21)22/h5-12,17,22-23H,3-4,13-16H2,1-2H3. The van der Waals surface area contributed by atoms with Gasteiger partial charge in [0.2, 0.25) is 0 Å². The van der Waals surface area contributed by atoms with Gasteiger partial charge in [0.1, 0.15) is 0 Å². The van der Waals surface area contributed by atoms with E-state index < -0.39 is 0 Å². The van der Waals surface area contributed by atoms with Crippen molar-refractivity contribution < 1.29 is 4.74 Å². The Labute approximate surface area is 151 Å². The first-order chi connectivity index (χ1) is 12.3. The van der Waals surface area contributed by atoms with Crippen molar-refractivity contribution in [3.8, 4) is 0 Å². The fourth-order valence-corrected chi connectivity index (χ4v) is 4.89. The van der Waals surface area contributed by atoms with Gasteiger partial charge in [-0.1, -0.05) is 62.4 Å². The molecule has 0 fully saturated rings. The Morgan fingerprint density at radius 3 is 2.00 bits per heavy atom. The molecule has 2 heteroatoms. The van der Waals surface area contributed by atoms with Gasteiger partial charge in [-0.15, -0.1) is 0 Å². The molecule has 3 aliphatic carbocycles. The van der Waals surface area contributed by atoms with Crippen LogP contribution >= 0.6 is 0 Å². The summed E-state index contributed by atoms with van der Waals surface area (Å²) < 4.78 is 6.15. The van der Waals surface area contributed by atoms with Crippen LogP contribution in [0, 0.1) is 5.92 Å². The third kappa shape index (κ3) is 3.02. The van der Waals surface area contributed by atoms with E-state index in [1.807, 2.05) is 0 Å². The second-order valence-electron chi connectivity index (χ2n) is 7.39. The van der Waals surface area contributed by atoms with Crippen LogP contribution in [0.2, 0.25) is 0 Å². The summed E-state index contributed by atoms with van der Waals surface area (Å²) in [4.78, 5) is 2.43. The van der Waals surface area contributed by atoms with E-state index in [-0.39, 0.29) is 0 Å². The van der Waals surface area contributed by atoms with Crippen LogP contribution in [0.4, 0.5) is 0 Å². The van der Waals surface area contributed by atoms with Gasteiger partial charge >= 0.3 is 0 Å². The van der Waals surface area contributed by atoms with Crippen LogP contribution in [-0.2, 0) is 4.74 Å². The van der Waals surface area contributed by atoms with Gasteiger partial charge in [-0.05, 0) is 47.7 Å². The summed E-state index contributed by atoms with van der Waals surface area (Å²) in [6, 6.07) is 18.1. The van der Waals surface area contributed by atoms with Gasteiger partial charge < -0.3 is 9.64 Å². The highest BCUT2D eigenvalue weighted by atomic mass is 16.5. The molecule has 1 unspecified atom stereocenters. The maximum Gasteiger partial charge on any atom is 0.0593 e. The van der Waals surface area contributed by atoms with Gasteiger partial charge in [-0.2, -0.15) is 0 Å². The quantitative estimate of drug-likeness (QED) is 0.683. The molecule has 0 aromatic heterocycles. The predicted molar refractivity (Wildman–Crippen MR) is 103 cm³/mol.